The summed E-state index contributed by atoms with van der Waals surface area (Å²) in [4.78, 5) is 24.1. The molecule has 4 rings (SSSR count). The van der Waals surface area contributed by atoms with Gasteiger partial charge in [-0.15, -0.1) is 0 Å². The first-order chi connectivity index (χ1) is 13.4. The van der Waals surface area contributed by atoms with E-state index in [0.29, 0.717) is 34.0 Å². The molecule has 0 atom stereocenters. The van der Waals surface area contributed by atoms with Gasteiger partial charge in [-0.05, 0) is 19.1 Å². The minimum absolute atomic E-state index is 0.000679. The normalized spacial score (nSPS) is 12.2. The number of primary amides is 1. The number of nitrogens with zero attached hydrogens (tertiary/aromatic N) is 4. The van der Waals surface area contributed by atoms with Crippen molar-refractivity contribution >= 4 is 17.6 Å². The Kier molecular flexibility index (Phi) is 4.22. The van der Waals surface area contributed by atoms with Crippen molar-refractivity contribution < 1.29 is 19.1 Å². The average molecular weight is 382 g/mol. The third-order valence-electron chi connectivity index (χ3n) is 4.30. The monoisotopic (exact) mass is 382 g/mol. The Balaban J connectivity index is 1.55. The van der Waals surface area contributed by atoms with Gasteiger partial charge in [-0.3, -0.25) is 19.0 Å². The highest BCUT2D eigenvalue weighted by Crippen LogP contribution is 2.38. The van der Waals surface area contributed by atoms with Crippen LogP contribution in [0, 0.1) is 6.92 Å². The van der Waals surface area contributed by atoms with Crippen LogP contribution in [0.3, 0.4) is 0 Å². The lowest BCUT2D eigenvalue weighted by Crippen LogP contribution is -2.20. The van der Waals surface area contributed by atoms with Gasteiger partial charge in [0, 0.05) is 30.4 Å². The van der Waals surface area contributed by atoms with E-state index in [2.05, 4.69) is 15.5 Å². The zero-order chi connectivity index (χ0) is 19.8. The summed E-state index contributed by atoms with van der Waals surface area (Å²) >= 11 is 0. The number of benzene rings is 1. The number of rotatable bonds is 5. The fourth-order valence-corrected chi connectivity index (χ4v) is 3.03. The zero-order valence-corrected chi connectivity index (χ0v) is 15.3. The summed E-state index contributed by atoms with van der Waals surface area (Å²) in [5.74, 6) is 0.748. The molecular weight excluding hydrogens is 364 g/mol. The van der Waals surface area contributed by atoms with Gasteiger partial charge in [-0.25, -0.2) is 0 Å². The molecule has 0 saturated heterocycles. The summed E-state index contributed by atoms with van der Waals surface area (Å²) in [6.07, 6.45) is 3.23. The van der Waals surface area contributed by atoms with Gasteiger partial charge < -0.3 is 20.5 Å². The van der Waals surface area contributed by atoms with Gasteiger partial charge in [-0.2, -0.15) is 10.2 Å². The van der Waals surface area contributed by atoms with Crippen LogP contribution < -0.4 is 20.5 Å². The van der Waals surface area contributed by atoms with Crippen LogP contribution in [0.2, 0.25) is 0 Å². The molecule has 0 radical (unpaired) electrons. The van der Waals surface area contributed by atoms with E-state index in [1.807, 2.05) is 6.92 Å². The highest BCUT2D eigenvalue weighted by Gasteiger charge is 2.21. The Labute approximate surface area is 159 Å². The molecule has 0 saturated carbocycles. The van der Waals surface area contributed by atoms with Crippen LogP contribution in [0.1, 0.15) is 16.1 Å². The Morgan fingerprint density at radius 1 is 1.25 bits per heavy atom. The third kappa shape index (κ3) is 3.27. The summed E-state index contributed by atoms with van der Waals surface area (Å²) in [6, 6.07) is 5.01. The Bertz CT molecular complexity index is 1080. The van der Waals surface area contributed by atoms with E-state index in [0.717, 1.165) is 5.69 Å². The van der Waals surface area contributed by atoms with Crippen molar-refractivity contribution in [1.82, 2.24) is 19.6 Å². The van der Waals surface area contributed by atoms with E-state index < -0.39 is 5.91 Å². The molecule has 2 aromatic heterocycles. The van der Waals surface area contributed by atoms with E-state index in [-0.39, 0.29) is 19.2 Å². The van der Waals surface area contributed by atoms with Gasteiger partial charge in [0.25, 0.3) is 0 Å². The SMILES string of the molecule is Cc1cc(NC(=O)Cn2cc(-c3cc4c(cc3C(N)=O)OCO4)cn2)n(C)n1. The maximum atomic E-state index is 12.3. The largest absolute Gasteiger partial charge is 0.454 e. The summed E-state index contributed by atoms with van der Waals surface area (Å²) in [5.41, 5.74) is 7.79. The molecule has 144 valence electrons. The molecular formula is C18H18N6O4. The minimum atomic E-state index is -0.592. The zero-order valence-electron chi connectivity index (χ0n) is 15.3. The van der Waals surface area contributed by atoms with Crippen molar-refractivity contribution in [2.24, 2.45) is 12.8 Å². The number of aromatic nitrogens is 4. The standard InChI is InChI=1S/C18H18N6O4/c1-10-3-16(23(2)22-10)21-17(25)8-24-7-11(6-20-24)12-4-14-15(28-9-27-14)5-13(12)18(19)26/h3-7H,8-9H2,1-2H3,(H2,19,26)(H,21,25). The van der Waals surface area contributed by atoms with Crippen molar-refractivity contribution in [3.63, 3.8) is 0 Å². The topological polar surface area (TPSA) is 126 Å². The van der Waals surface area contributed by atoms with Gasteiger partial charge in [0.1, 0.15) is 12.4 Å². The van der Waals surface area contributed by atoms with Gasteiger partial charge in [0.05, 0.1) is 17.5 Å². The maximum Gasteiger partial charge on any atom is 0.249 e. The molecule has 0 bridgehead atoms. The van der Waals surface area contributed by atoms with Crippen LogP contribution in [-0.2, 0) is 18.4 Å². The number of fused-ring (bicyclic) bond motifs is 1. The lowest BCUT2D eigenvalue weighted by Gasteiger charge is -2.07. The molecule has 3 aromatic rings. The molecule has 1 aliphatic rings. The maximum absolute atomic E-state index is 12.3. The predicted molar refractivity (Wildman–Crippen MR) is 98.9 cm³/mol. The number of nitrogens with two attached hydrogens (primary N) is 1. The van der Waals surface area contributed by atoms with Gasteiger partial charge in [0.2, 0.25) is 18.6 Å². The fraction of sp³-hybridized carbons (Fsp3) is 0.222. The summed E-state index contributed by atoms with van der Waals surface area (Å²) in [6.45, 7) is 1.93. The third-order valence-corrected chi connectivity index (χ3v) is 4.30. The second kappa shape index (κ2) is 6.72. The number of aryl methyl sites for hydroxylation is 2. The predicted octanol–water partition coefficient (Wildman–Crippen LogP) is 1.06. The molecule has 0 unspecified atom stereocenters. The van der Waals surface area contributed by atoms with E-state index >= 15 is 0 Å². The number of hydrogen-bond donors (Lipinski definition) is 2. The summed E-state index contributed by atoms with van der Waals surface area (Å²) < 4.78 is 13.7. The number of nitrogens with one attached hydrogen (secondary N) is 1. The first kappa shape index (κ1) is 17.6. The molecule has 2 amide bonds. The van der Waals surface area contributed by atoms with Gasteiger partial charge in [-0.1, -0.05) is 0 Å². The highest BCUT2D eigenvalue weighted by atomic mass is 16.7. The Hall–Kier alpha value is -3.82. The van der Waals surface area contributed by atoms with E-state index in [1.54, 1.807) is 42.3 Å². The smallest absolute Gasteiger partial charge is 0.249 e. The molecule has 10 heteroatoms. The Morgan fingerprint density at radius 2 is 2.00 bits per heavy atom. The van der Waals surface area contributed by atoms with Crippen molar-refractivity contribution in [2.45, 2.75) is 13.5 Å². The highest BCUT2D eigenvalue weighted by molar-refractivity contribution is 6.00. The van der Waals surface area contributed by atoms with Gasteiger partial charge >= 0.3 is 0 Å². The van der Waals surface area contributed by atoms with Crippen molar-refractivity contribution in [3.05, 3.63) is 41.9 Å². The number of anilines is 1. The molecule has 3 N–H and O–H groups in total. The lowest BCUT2D eigenvalue weighted by molar-refractivity contribution is -0.116. The van der Waals surface area contributed by atoms with Gasteiger partial charge in [0.15, 0.2) is 11.5 Å². The molecule has 0 fully saturated rings. The first-order valence-corrected chi connectivity index (χ1v) is 8.47. The quantitative estimate of drug-likeness (QED) is 0.679. The average Bonchev–Trinajstić information content (AvgIpc) is 3.34. The van der Waals surface area contributed by atoms with Crippen molar-refractivity contribution in [2.75, 3.05) is 12.1 Å². The Morgan fingerprint density at radius 3 is 2.68 bits per heavy atom. The van der Waals surface area contributed by atoms with Crippen LogP contribution in [0.25, 0.3) is 11.1 Å². The van der Waals surface area contributed by atoms with Crippen LogP contribution >= 0.6 is 0 Å². The van der Waals surface area contributed by atoms with Crippen LogP contribution in [0.15, 0.2) is 30.6 Å². The molecule has 3 heterocycles. The van der Waals surface area contributed by atoms with Crippen LogP contribution in [0.5, 0.6) is 11.5 Å². The molecule has 0 spiro atoms. The number of amides is 2. The van der Waals surface area contributed by atoms with Crippen LogP contribution in [0.4, 0.5) is 5.82 Å². The second-order valence-electron chi connectivity index (χ2n) is 6.38. The first-order valence-electron chi connectivity index (χ1n) is 8.47. The minimum Gasteiger partial charge on any atom is -0.454 e. The summed E-state index contributed by atoms with van der Waals surface area (Å²) in [7, 11) is 1.75. The lowest BCUT2D eigenvalue weighted by atomic mass is 10.0. The number of hydrogen-bond acceptors (Lipinski definition) is 6. The van der Waals surface area contributed by atoms with E-state index in [4.69, 9.17) is 15.2 Å². The van der Waals surface area contributed by atoms with E-state index in [1.165, 1.54) is 4.68 Å². The van der Waals surface area contributed by atoms with Crippen molar-refractivity contribution in [3.8, 4) is 22.6 Å². The molecule has 28 heavy (non-hydrogen) atoms. The van der Waals surface area contributed by atoms with Crippen LogP contribution in [-0.4, -0.2) is 38.2 Å². The number of carbonyl (C=O) groups is 2. The molecule has 1 aromatic carbocycles. The second-order valence-corrected chi connectivity index (χ2v) is 6.38. The van der Waals surface area contributed by atoms with Crippen molar-refractivity contribution in [1.29, 1.82) is 0 Å². The number of ether oxygens (including phenoxy) is 2. The molecule has 10 nitrogen and oxygen atoms in total. The molecule has 1 aliphatic heterocycles. The number of carbonyl (C=O) groups excluding carboxylic acids is 2. The molecule has 0 aliphatic carbocycles. The summed E-state index contributed by atoms with van der Waals surface area (Å²) in [5, 5.41) is 11.2. The van der Waals surface area contributed by atoms with E-state index in [9.17, 15) is 9.59 Å². The fourth-order valence-electron chi connectivity index (χ4n) is 3.03.